The van der Waals surface area contributed by atoms with Gasteiger partial charge in [0.15, 0.2) is 25.6 Å². The second kappa shape index (κ2) is 21.8. The predicted octanol–water partition coefficient (Wildman–Crippen LogP) is 4.42. The third-order valence-corrected chi connectivity index (χ3v) is 6.14. The van der Waals surface area contributed by atoms with E-state index in [4.69, 9.17) is 61.0 Å². The topological polar surface area (TPSA) is 301 Å². The van der Waals surface area contributed by atoms with Crippen LogP contribution in [0.5, 0.6) is 0 Å². The van der Waals surface area contributed by atoms with Crippen LogP contribution < -0.4 is 27.8 Å². The summed E-state index contributed by atoms with van der Waals surface area (Å²) in [6.07, 6.45) is 5.46. The van der Waals surface area contributed by atoms with Crippen molar-refractivity contribution >= 4 is 76.0 Å². The van der Waals surface area contributed by atoms with Crippen LogP contribution >= 0.6 is 23.2 Å². The Morgan fingerprint density at radius 2 is 1.12 bits per heavy atom. The highest BCUT2D eigenvalue weighted by atomic mass is 35.5. The van der Waals surface area contributed by atoms with Crippen molar-refractivity contribution in [2.45, 2.75) is 0 Å². The number of ether oxygens (including phenoxy) is 1. The van der Waals surface area contributed by atoms with Gasteiger partial charge in [-0.3, -0.25) is 9.59 Å². The summed E-state index contributed by atoms with van der Waals surface area (Å²) < 4.78 is 112. The van der Waals surface area contributed by atoms with E-state index < -0.39 is 77.9 Å². The van der Waals surface area contributed by atoms with Crippen LogP contribution in [0.25, 0.3) is 0 Å². The molecule has 292 valence electrons. The molecule has 0 saturated heterocycles. The number of imide groups is 1. The van der Waals surface area contributed by atoms with Gasteiger partial charge in [-0.15, -0.1) is 0 Å². The van der Waals surface area contributed by atoms with E-state index in [1.165, 1.54) is 37.1 Å². The van der Waals surface area contributed by atoms with Gasteiger partial charge in [-0.1, -0.05) is 41.4 Å². The highest BCUT2D eigenvalue weighted by Crippen LogP contribution is 2.24. The maximum absolute atomic E-state index is 12.2. The molecule has 0 spiro atoms. The normalized spacial score (nSPS) is 15.0. The minimum absolute atomic E-state index is 0.00231. The first-order valence-electron chi connectivity index (χ1n) is 22.5. The van der Waals surface area contributed by atoms with Crippen LogP contribution in [-0.2, 0) is 4.74 Å². The van der Waals surface area contributed by atoms with Crippen LogP contribution in [0.2, 0.25) is 12.9 Å². The Morgan fingerprint density at radius 1 is 0.534 bits per heavy atom. The number of halogens is 2. The summed E-state index contributed by atoms with van der Waals surface area (Å²) in [5.74, 6) is -3.45. The van der Waals surface area contributed by atoms with Crippen LogP contribution in [-0.4, -0.2) is 68.6 Å². The molecule has 2 aliphatic heterocycles. The molecule has 0 aromatic carbocycles. The van der Waals surface area contributed by atoms with E-state index in [0.717, 1.165) is 0 Å². The Morgan fingerprint density at radius 3 is 1.69 bits per heavy atom. The molecule has 0 bridgehead atoms. The molecule has 58 heavy (non-hydrogen) atoms. The minimum atomic E-state index is -0.801. The SMILES string of the molecule is O=C1OC(=O)c2nccnc21.[2H]c1cccc(N)n1.[2H]c1cnc(N)c([2H])c1.[2H]c1nc(N([2H])[2H])c([2H])c([2H])c1[2H].[2H]c1nc(N)c([2H])c([2H])c1Cl.[2H]c1nc(N2C(=O)c3nccnc3C2=O)c([2H])c([2H])c1Cl. The predicted molar refractivity (Wildman–Crippen MR) is 214 cm³/mol. The summed E-state index contributed by atoms with van der Waals surface area (Å²) in [5, 5.41) is -0.458. The van der Waals surface area contributed by atoms with Gasteiger partial charge in [0.05, 0.1) is 27.9 Å². The third-order valence-electron chi connectivity index (χ3n) is 5.78. The molecule has 21 heteroatoms. The highest BCUT2D eigenvalue weighted by Gasteiger charge is 2.40. The molecule has 0 unspecified atom stereocenters. The molecule has 2 amide bonds. The average Bonchev–Trinajstić information content (AvgIpc) is 3.79. The maximum atomic E-state index is 12.2. The molecule has 0 saturated carbocycles. The van der Waals surface area contributed by atoms with E-state index in [2.05, 4.69) is 49.6 Å². The van der Waals surface area contributed by atoms with E-state index in [9.17, 15) is 19.2 Å². The van der Waals surface area contributed by atoms with Crippen molar-refractivity contribution < 1.29 is 44.6 Å². The number of nitrogens with two attached hydrogens (primary N) is 4. The van der Waals surface area contributed by atoms with E-state index in [0.29, 0.717) is 10.7 Å². The number of carbonyl (C=O) groups excluding carboxylic acids is 4. The van der Waals surface area contributed by atoms with Crippen LogP contribution in [0.3, 0.4) is 0 Å². The first kappa shape index (κ1) is 25.9. The number of cyclic esters (lactones) is 2. The molecule has 0 radical (unpaired) electrons. The second-order valence-electron chi connectivity index (χ2n) is 9.63. The third kappa shape index (κ3) is 13.1. The lowest BCUT2D eigenvalue weighted by Crippen LogP contribution is -2.30. The van der Waals surface area contributed by atoms with Gasteiger partial charge in [-0.25, -0.2) is 59.3 Å². The number of anilines is 5. The number of carbonyl (C=O) groups is 4. The van der Waals surface area contributed by atoms with Crippen LogP contribution in [0.1, 0.15) is 59.8 Å². The Kier molecular flexibility index (Phi) is 9.73. The lowest BCUT2D eigenvalue weighted by Gasteiger charge is -2.11. The van der Waals surface area contributed by atoms with Gasteiger partial charge in [0, 0.05) is 55.7 Å². The smallest absolute Gasteiger partial charge is 0.367 e. The molecular weight excluding hydrogens is 791 g/mol. The minimum Gasteiger partial charge on any atom is -0.384 e. The van der Waals surface area contributed by atoms with E-state index >= 15 is 0 Å². The zero-order chi connectivity index (χ0) is 54.8. The summed E-state index contributed by atoms with van der Waals surface area (Å²) in [7, 11) is 0. The quantitative estimate of drug-likeness (QED) is 0.106. The van der Waals surface area contributed by atoms with E-state index in [1.807, 2.05) is 0 Å². The van der Waals surface area contributed by atoms with Gasteiger partial charge >= 0.3 is 11.9 Å². The first-order chi connectivity index (χ1) is 34.2. The second-order valence-corrected chi connectivity index (χ2v) is 10.4. The Hall–Kier alpha value is -8.03. The van der Waals surface area contributed by atoms with Crippen molar-refractivity contribution in [2.75, 3.05) is 27.8 Å². The number of rotatable bonds is 2. The molecule has 0 aliphatic carbocycles. The standard InChI is InChI=1S/C11H5ClN4O2.C6H2N2O3.C5H5ClN2.3C5H6N2/c12-6-1-2-7(15-5-6)16-10(17)8-9(11(16)18)14-4-3-13-8;9-5-3-4(6(10)11-5)8-2-1-7-3;6-4-1-2-5(7)8-3-4;3*6-5-3-1-2-4-7-5/h1-5H;1-2H;1-3H,(H2,7,8);3*1-4H,(H2,6,7)/i1D,2D,5D;;1D,2D,3D;1D,2D,3D,4D;2D,3D;4D/hD2. The number of fused-ring (bicyclic) bond motifs is 2. The number of hydrogen-bond donors (Lipinski definition) is 4. The first-order valence-corrected chi connectivity index (χ1v) is 15.8. The fourth-order valence-corrected chi connectivity index (χ4v) is 3.66. The Bertz CT molecular complexity index is 3170. The Labute approximate surface area is 360 Å². The summed E-state index contributed by atoms with van der Waals surface area (Å²) in [5.41, 5.74) is 15.4. The van der Waals surface area contributed by atoms with Gasteiger partial charge in [0.1, 0.15) is 29.1 Å². The molecule has 8 N–H and O–H groups in total. The monoisotopic (exact) mass is 835 g/mol. The molecule has 19 nitrogen and oxygen atoms in total. The number of nitrogens with zero attached hydrogens (tertiary/aromatic N) is 10. The number of amides is 2. The summed E-state index contributed by atoms with van der Waals surface area (Å²) in [6, 6.07) is 3.70. The number of nitrogen functional groups attached to an aromatic ring is 4. The molecule has 9 heterocycles. The number of aromatic nitrogens is 9. The number of esters is 2. The van der Waals surface area contributed by atoms with Crippen molar-refractivity contribution in [3.63, 3.8) is 0 Å². The molecular formula is C37H30Cl2N14O5. The highest BCUT2D eigenvalue weighted by molar-refractivity contribution is 6.33. The van der Waals surface area contributed by atoms with Crippen LogP contribution in [0.15, 0.2) is 134 Å². The average molecular weight is 837 g/mol. The van der Waals surface area contributed by atoms with Gasteiger partial charge in [0.2, 0.25) is 0 Å². The van der Waals surface area contributed by atoms with Gasteiger partial charge in [-0.05, 0) is 60.5 Å². The molecule has 0 fully saturated rings. The van der Waals surface area contributed by atoms with Gasteiger partial charge in [0.25, 0.3) is 11.8 Å². The van der Waals surface area contributed by atoms with Crippen molar-refractivity contribution in [1.82, 2.24) is 44.9 Å². The van der Waals surface area contributed by atoms with Crippen molar-refractivity contribution in [3.8, 4) is 0 Å². The van der Waals surface area contributed by atoms with Crippen molar-refractivity contribution in [1.29, 1.82) is 0 Å². The van der Waals surface area contributed by atoms with Crippen molar-refractivity contribution in [2.24, 2.45) is 0 Å². The van der Waals surface area contributed by atoms with Gasteiger partial charge in [-0.2, -0.15) is 0 Å². The Balaban J connectivity index is 0.000000197. The summed E-state index contributed by atoms with van der Waals surface area (Å²) in [4.78, 5) is 78.9. The summed E-state index contributed by atoms with van der Waals surface area (Å²) >= 11 is 11.1. The lowest BCUT2D eigenvalue weighted by molar-refractivity contribution is 0.0439. The maximum Gasteiger partial charge on any atom is 0.367 e. The fraction of sp³-hybridized carbons (Fsp3) is 0. The zero-order valence-corrected chi connectivity index (χ0v) is 30.2. The largest absolute Gasteiger partial charge is 0.384 e. The number of hydrogen-bond acceptors (Lipinski definition) is 18. The van der Waals surface area contributed by atoms with E-state index in [1.54, 1.807) is 18.2 Å². The van der Waals surface area contributed by atoms with Crippen LogP contribution in [0, 0.1) is 0 Å². The molecule has 0 atom stereocenters. The molecule has 7 aromatic heterocycles. The van der Waals surface area contributed by atoms with Crippen LogP contribution in [0.4, 0.5) is 29.1 Å². The lowest BCUT2D eigenvalue weighted by atomic mass is 10.3. The molecule has 7 aromatic rings. The van der Waals surface area contributed by atoms with Gasteiger partial charge < -0.3 is 27.7 Å². The summed E-state index contributed by atoms with van der Waals surface area (Å²) in [6.45, 7) is 0. The van der Waals surface area contributed by atoms with Crippen molar-refractivity contribution in [3.05, 3.63) is 167 Å². The van der Waals surface area contributed by atoms with E-state index in [-0.39, 0.29) is 86.7 Å². The molecule has 2 aliphatic rings. The zero-order valence-electron chi connectivity index (χ0n) is 43.6. The number of pyridine rings is 5. The fourth-order valence-electron chi connectivity index (χ4n) is 3.48. The molecule has 9 rings (SSSR count).